The molecule has 1 fully saturated rings. The summed E-state index contributed by atoms with van der Waals surface area (Å²) in [5.74, 6) is 0.244. The normalized spacial score (nSPS) is 16.7. The minimum absolute atomic E-state index is 0.224. The Labute approximate surface area is 113 Å². The van der Waals surface area contributed by atoms with E-state index in [0.29, 0.717) is 5.92 Å². The predicted octanol–water partition coefficient (Wildman–Crippen LogP) is 4.00. The number of hydrogen-bond donors (Lipinski definition) is 1. The van der Waals surface area contributed by atoms with Crippen LogP contribution >= 0.6 is 0 Å². The Morgan fingerprint density at radius 2 is 1.95 bits per heavy atom. The Morgan fingerprint density at radius 3 is 2.68 bits per heavy atom. The second-order valence-electron chi connectivity index (χ2n) is 5.29. The molecule has 3 rings (SSSR count). The van der Waals surface area contributed by atoms with Gasteiger partial charge in [-0.3, -0.25) is 0 Å². The molecule has 0 amide bonds. The van der Waals surface area contributed by atoms with Crippen LogP contribution < -0.4 is 0 Å². The molecule has 0 saturated heterocycles. The van der Waals surface area contributed by atoms with E-state index in [1.54, 1.807) is 0 Å². The number of nitrogens with one attached hydrogen (secondary N) is 1. The van der Waals surface area contributed by atoms with Crippen LogP contribution in [0.15, 0.2) is 24.3 Å². The highest BCUT2D eigenvalue weighted by Gasteiger charge is 2.25. The standard InChI is InChI=1S/C16H19NO2/c1-19-16(18)14-12-9-5-6-10-13(12)17-15(14)11-7-3-2-4-8-11/h5-6,9-11,17H,2-4,7-8H2,1H3. The van der Waals surface area contributed by atoms with Crippen LogP contribution in [0.3, 0.4) is 0 Å². The van der Waals surface area contributed by atoms with Crippen LogP contribution in [0.25, 0.3) is 10.9 Å². The van der Waals surface area contributed by atoms with Gasteiger partial charge >= 0.3 is 5.97 Å². The maximum absolute atomic E-state index is 12.1. The first-order valence-electron chi connectivity index (χ1n) is 7.00. The summed E-state index contributed by atoms with van der Waals surface area (Å²) >= 11 is 0. The fourth-order valence-electron chi connectivity index (χ4n) is 3.18. The van der Waals surface area contributed by atoms with Gasteiger partial charge in [-0.2, -0.15) is 0 Å². The van der Waals surface area contributed by atoms with E-state index in [9.17, 15) is 4.79 Å². The average molecular weight is 257 g/mol. The van der Waals surface area contributed by atoms with Crippen LogP contribution in [0.1, 0.15) is 54.1 Å². The number of methoxy groups -OCH3 is 1. The molecule has 19 heavy (non-hydrogen) atoms. The van der Waals surface area contributed by atoms with E-state index in [0.717, 1.165) is 35.0 Å². The third-order valence-corrected chi connectivity index (χ3v) is 4.14. The molecular weight excluding hydrogens is 238 g/mol. The second kappa shape index (κ2) is 5.08. The molecule has 1 aromatic heterocycles. The van der Waals surface area contributed by atoms with E-state index in [2.05, 4.69) is 4.98 Å². The number of esters is 1. The van der Waals surface area contributed by atoms with Gasteiger partial charge < -0.3 is 9.72 Å². The molecule has 1 aliphatic rings. The number of carbonyl (C=O) groups is 1. The predicted molar refractivity (Wildman–Crippen MR) is 75.5 cm³/mol. The third kappa shape index (κ3) is 2.14. The van der Waals surface area contributed by atoms with Crippen molar-refractivity contribution in [2.75, 3.05) is 7.11 Å². The van der Waals surface area contributed by atoms with E-state index >= 15 is 0 Å². The molecule has 100 valence electrons. The van der Waals surface area contributed by atoms with Crippen molar-refractivity contribution in [3.05, 3.63) is 35.5 Å². The Hall–Kier alpha value is -1.77. The Balaban J connectivity index is 2.13. The molecular formula is C16H19NO2. The number of ether oxygens (including phenoxy) is 1. The Bertz CT molecular complexity index is 594. The first-order chi connectivity index (χ1) is 9.31. The van der Waals surface area contributed by atoms with Crippen LogP contribution in [-0.2, 0) is 4.74 Å². The van der Waals surface area contributed by atoms with Gasteiger partial charge in [0.1, 0.15) is 0 Å². The summed E-state index contributed by atoms with van der Waals surface area (Å²) < 4.78 is 4.98. The topological polar surface area (TPSA) is 42.1 Å². The minimum atomic E-state index is -0.224. The molecule has 0 bridgehead atoms. The van der Waals surface area contributed by atoms with Crippen LogP contribution in [0.2, 0.25) is 0 Å². The SMILES string of the molecule is COC(=O)c1c(C2CCCCC2)[nH]c2ccccc12. The lowest BCUT2D eigenvalue weighted by Gasteiger charge is -2.21. The van der Waals surface area contributed by atoms with E-state index < -0.39 is 0 Å². The van der Waals surface area contributed by atoms with Crippen molar-refractivity contribution in [3.63, 3.8) is 0 Å². The average Bonchev–Trinajstić information content (AvgIpc) is 2.87. The fraction of sp³-hybridized carbons (Fsp3) is 0.438. The zero-order valence-corrected chi connectivity index (χ0v) is 11.2. The lowest BCUT2D eigenvalue weighted by atomic mass is 9.85. The van der Waals surface area contributed by atoms with Gasteiger partial charge in [0.2, 0.25) is 0 Å². The third-order valence-electron chi connectivity index (χ3n) is 4.14. The van der Waals surface area contributed by atoms with Gasteiger partial charge in [0, 0.05) is 16.6 Å². The minimum Gasteiger partial charge on any atom is -0.465 e. The van der Waals surface area contributed by atoms with Crippen molar-refractivity contribution < 1.29 is 9.53 Å². The summed E-state index contributed by atoms with van der Waals surface area (Å²) in [6.45, 7) is 0. The number of carbonyl (C=O) groups excluding carboxylic acids is 1. The lowest BCUT2D eigenvalue weighted by molar-refractivity contribution is 0.0601. The highest BCUT2D eigenvalue weighted by atomic mass is 16.5. The van der Waals surface area contributed by atoms with E-state index in [1.165, 1.54) is 26.4 Å². The molecule has 0 spiro atoms. The van der Waals surface area contributed by atoms with E-state index in [1.807, 2.05) is 24.3 Å². The number of aromatic nitrogens is 1. The van der Waals surface area contributed by atoms with E-state index in [4.69, 9.17) is 4.74 Å². The number of benzene rings is 1. The van der Waals surface area contributed by atoms with Gasteiger partial charge in [-0.1, -0.05) is 37.5 Å². The van der Waals surface area contributed by atoms with Gasteiger partial charge in [0.05, 0.1) is 12.7 Å². The number of rotatable bonds is 2. The first-order valence-corrected chi connectivity index (χ1v) is 7.00. The number of para-hydroxylation sites is 1. The molecule has 1 aromatic carbocycles. The number of aromatic amines is 1. The lowest BCUT2D eigenvalue weighted by Crippen LogP contribution is -2.11. The quantitative estimate of drug-likeness (QED) is 0.826. The highest BCUT2D eigenvalue weighted by molar-refractivity contribution is 6.05. The van der Waals surface area contributed by atoms with Crippen LogP contribution in [0, 0.1) is 0 Å². The molecule has 2 aromatic rings. The molecule has 1 aliphatic carbocycles. The summed E-state index contributed by atoms with van der Waals surface area (Å²) in [4.78, 5) is 15.6. The zero-order chi connectivity index (χ0) is 13.2. The second-order valence-corrected chi connectivity index (χ2v) is 5.29. The molecule has 1 saturated carbocycles. The van der Waals surface area contributed by atoms with Gasteiger partial charge in [-0.05, 0) is 24.8 Å². The molecule has 0 unspecified atom stereocenters. The van der Waals surface area contributed by atoms with Gasteiger partial charge in [0.15, 0.2) is 0 Å². The van der Waals surface area contributed by atoms with Crippen molar-refractivity contribution in [1.29, 1.82) is 0 Å². The summed E-state index contributed by atoms with van der Waals surface area (Å²) in [5, 5.41) is 0.981. The summed E-state index contributed by atoms with van der Waals surface area (Å²) in [6, 6.07) is 7.97. The first kappa shape index (κ1) is 12.3. The smallest absolute Gasteiger partial charge is 0.340 e. The largest absolute Gasteiger partial charge is 0.465 e. The summed E-state index contributed by atoms with van der Waals surface area (Å²) in [7, 11) is 1.45. The van der Waals surface area contributed by atoms with Gasteiger partial charge in [-0.15, -0.1) is 0 Å². The number of hydrogen-bond acceptors (Lipinski definition) is 2. The van der Waals surface area contributed by atoms with Crippen molar-refractivity contribution in [3.8, 4) is 0 Å². The summed E-state index contributed by atoms with van der Waals surface area (Å²) in [6.07, 6.45) is 6.14. The molecule has 1 heterocycles. The molecule has 3 nitrogen and oxygen atoms in total. The molecule has 0 aliphatic heterocycles. The number of fused-ring (bicyclic) bond motifs is 1. The molecule has 0 radical (unpaired) electrons. The molecule has 1 N–H and O–H groups in total. The van der Waals surface area contributed by atoms with Crippen molar-refractivity contribution in [2.45, 2.75) is 38.0 Å². The number of H-pyrrole nitrogens is 1. The van der Waals surface area contributed by atoms with Crippen LogP contribution in [0.5, 0.6) is 0 Å². The maximum atomic E-state index is 12.1. The molecule has 0 atom stereocenters. The fourth-order valence-corrected chi connectivity index (χ4v) is 3.18. The highest BCUT2D eigenvalue weighted by Crippen LogP contribution is 2.37. The van der Waals surface area contributed by atoms with Gasteiger partial charge in [0.25, 0.3) is 0 Å². The maximum Gasteiger partial charge on any atom is 0.340 e. The van der Waals surface area contributed by atoms with Crippen molar-refractivity contribution in [1.82, 2.24) is 4.98 Å². The van der Waals surface area contributed by atoms with Crippen molar-refractivity contribution in [2.24, 2.45) is 0 Å². The molecule has 3 heteroatoms. The van der Waals surface area contributed by atoms with E-state index in [-0.39, 0.29) is 5.97 Å². The van der Waals surface area contributed by atoms with Crippen LogP contribution in [-0.4, -0.2) is 18.1 Å². The van der Waals surface area contributed by atoms with Crippen molar-refractivity contribution >= 4 is 16.9 Å². The summed E-state index contributed by atoms with van der Waals surface area (Å²) in [5.41, 5.74) is 2.85. The monoisotopic (exact) mass is 257 g/mol. The van der Waals surface area contributed by atoms with Gasteiger partial charge in [-0.25, -0.2) is 4.79 Å². The zero-order valence-electron chi connectivity index (χ0n) is 11.2. The Morgan fingerprint density at radius 1 is 1.21 bits per heavy atom. The van der Waals surface area contributed by atoms with Crippen LogP contribution in [0.4, 0.5) is 0 Å². The Kier molecular flexibility index (Phi) is 3.28.